The summed E-state index contributed by atoms with van der Waals surface area (Å²) < 4.78 is 21.0. The molecule has 6 rings (SSSR count). The fraction of sp³-hybridized carbons (Fsp3) is 0.407. The van der Waals surface area contributed by atoms with Gasteiger partial charge in [0, 0.05) is 18.0 Å². The molecule has 37 heavy (non-hydrogen) atoms. The highest BCUT2D eigenvalue weighted by Crippen LogP contribution is 2.52. The van der Waals surface area contributed by atoms with Crippen LogP contribution in [0.25, 0.3) is 17.3 Å². The average Bonchev–Trinajstić information content (AvgIpc) is 3.63. The molecule has 2 fully saturated rings. The monoisotopic (exact) mass is 537 g/mol. The van der Waals surface area contributed by atoms with E-state index in [4.69, 9.17) is 9.40 Å². The SMILES string of the molecule is CC1(C)CC2CC(C)(CN2C(=O)c2csc(CSc3nnc(-c4ccco4)n3-c3ccc(F)cc3)n2)C1. The number of amides is 1. The Morgan fingerprint density at radius 2 is 2.00 bits per heavy atom. The first-order valence-corrected chi connectivity index (χ1v) is 14.2. The Hall–Kier alpha value is -2.98. The molecule has 0 spiro atoms. The van der Waals surface area contributed by atoms with E-state index in [0.29, 0.717) is 28.2 Å². The van der Waals surface area contributed by atoms with Gasteiger partial charge in [0.25, 0.3) is 5.91 Å². The van der Waals surface area contributed by atoms with Gasteiger partial charge in [-0.1, -0.05) is 32.5 Å². The zero-order valence-corrected chi connectivity index (χ0v) is 22.6. The third-order valence-corrected chi connectivity index (χ3v) is 9.20. The molecule has 2 aliphatic rings. The number of furan rings is 1. The van der Waals surface area contributed by atoms with E-state index < -0.39 is 0 Å². The third kappa shape index (κ3) is 4.72. The smallest absolute Gasteiger partial charge is 0.273 e. The highest BCUT2D eigenvalue weighted by molar-refractivity contribution is 7.98. The molecule has 2 atom stereocenters. The highest BCUT2D eigenvalue weighted by atomic mass is 32.2. The van der Waals surface area contributed by atoms with Crippen molar-refractivity contribution in [1.29, 1.82) is 0 Å². The summed E-state index contributed by atoms with van der Waals surface area (Å²) in [6.07, 6.45) is 4.84. The first kappa shape index (κ1) is 24.4. The zero-order chi connectivity index (χ0) is 25.8. The van der Waals surface area contributed by atoms with Gasteiger partial charge in [-0.25, -0.2) is 9.37 Å². The van der Waals surface area contributed by atoms with Gasteiger partial charge in [0.05, 0.1) is 17.7 Å². The van der Waals surface area contributed by atoms with Gasteiger partial charge < -0.3 is 9.32 Å². The van der Waals surface area contributed by atoms with E-state index >= 15 is 0 Å². The summed E-state index contributed by atoms with van der Waals surface area (Å²) >= 11 is 2.95. The van der Waals surface area contributed by atoms with Crippen LogP contribution in [0.4, 0.5) is 4.39 Å². The van der Waals surface area contributed by atoms with Crippen molar-refractivity contribution >= 4 is 29.0 Å². The van der Waals surface area contributed by atoms with Crippen LogP contribution >= 0.6 is 23.1 Å². The molecule has 1 aliphatic heterocycles. The number of halogens is 1. The number of thioether (sulfide) groups is 1. The van der Waals surface area contributed by atoms with Gasteiger partial charge in [-0.15, -0.1) is 21.5 Å². The molecule has 2 unspecified atom stereocenters. The second-order valence-corrected chi connectivity index (χ2v) is 13.0. The first-order valence-electron chi connectivity index (χ1n) is 12.3. The van der Waals surface area contributed by atoms with Crippen LogP contribution in [0.5, 0.6) is 0 Å². The van der Waals surface area contributed by atoms with Crippen LogP contribution < -0.4 is 0 Å². The number of fused-ring (bicyclic) bond motifs is 2. The average molecular weight is 538 g/mol. The van der Waals surface area contributed by atoms with Gasteiger partial charge in [0.1, 0.15) is 16.5 Å². The van der Waals surface area contributed by atoms with Gasteiger partial charge in [0.15, 0.2) is 10.9 Å². The number of aromatic nitrogens is 4. The second-order valence-electron chi connectivity index (χ2n) is 11.2. The standard InChI is InChI=1S/C27H28FN5O2S2/c1-26(2)11-19-12-27(3,15-26)16-32(19)24(34)20-13-36-22(29-20)14-37-25-31-30-23(21-5-4-10-35-21)33(25)18-8-6-17(28)7-9-18/h4-10,13,19H,11-12,14-16H2,1-3H3. The lowest BCUT2D eigenvalue weighted by atomic mass is 9.65. The molecule has 10 heteroatoms. The third-order valence-electron chi connectivity index (χ3n) is 7.23. The largest absolute Gasteiger partial charge is 0.461 e. The maximum atomic E-state index is 13.6. The molecule has 4 heterocycles. The summed E-state index contributed by atoms with van der Waals surface area (Å²) in [6, 6.07) is 10.1. The summed E-state index contributed by atoms with van der Waals surface area (Å²) in [7, 11) is 0. The van der Waals surface area contributed by atoms with Crippen molar-refractivity contribution in [3.8, 4) is 17.3 Å². The number of benzene rings is 1. The summed E-state index contributed by atoms with van der Waals surface area (Å²) in [5.41, 5.74) is 1.69. The lowest BCUT2D eigenvalue weighted by Crippen LogP contribution is -2.37. The van der Waals surface area contributed by atoms with Crippen molar-refractivity contribution in [3.63, 3.8) is 0 Å². The fourth-order valence-electron chi connectivity index (χ4n) is 6.20. The van der Waals surface area contributed by atoms with E-state index in [9.17, 15) is 9.18 Å². The lowest BCUT2D eigenvalue weighted by Gasteiger charge is -2.39. The van der Waals surface area contributed by atoms with Crippen molar-refractivity contribution in [2.24, 2.45) is 10.8 Å². The van der Waals surface area contributed by atoms with Crippen LogP contribution in [0.3, 0.4) is 0 Å². The Balaban J connectivity index is 1.20. The quantitative estimate of drug-likeness (QED) is 0.263. The van der Waals surface area contributed by atoms with Crippen LogP contribution in [0.1, 0.15) is 55.5 Å². The maximum Gasteiger partial charge on any atom is 0.273 e. The van der Waals surface area contributed by atoms with Crippen LogP contribution in [0.15, 0.2) is 57.6 Å². The molecule has 1 saturated heterocycles. The number of hydrogen-bond donors (Lipinski definition) is 0. The van der Waals surface area contributed by atoms with Crippen molar-refractivity contribution in [2.75, 3.05) is 6.54 Å². The predicted octanol–water partition coefficient (Wildman–Crippen LogP) is 6.46. The Labute approximate surface area is 223 Å². The molecule has 7 nitrogen and oxygen atoms in total. The van der Waals surface area contributed by atoms with E-state index in [-0.39, 0.29) is 28.6 Å². The number of rotatable bonds is 6. The van der Waals surface area contributed by atoms with E-state index in [2.05, 4.69) is 35.9 Å². The lowest BCUT2D eigenvalue weighted by molar-refractivity contribution is 0.0703. The molecular weight excluding hydrogens is 509 g/mol. The maximum absolute atomic E-state index is 13.6. The molecule has 0 N–H and O–H groups in total. The van der Waals surface area contributed by atoms with E-state index in [0.717, 1.165) is 36.5 Å². The van der Waals surface area contributed by atoms with Crippen LogP contribution in [0.2, 0.25) is 0 Å². The molecule has 1 saturated carbocycles. The minimum atomic E-state index is -0.315. The summed E-state index contributed by atoms with van der Waals surface area (Å²) in [5.74, 6) is 1.35. The van der Waals surface area contributed by atoms with Crippen LogP contribution in [-0.4, -0.2) is 43.1 Å². The van der Waals surface area contributed by atoms with Gasteiger partial charge in [-0.3, -0.25) is 9.36 Å². The van der Waals surface area contributed by atoms with E-state index in [1.54, 1.807) is 24.5 Å². The molecule has 4 aromatic rings. The number of thiazole rings is 1. The van der Waals surface area contributed by atoms with Crippen molar-refractivity contribution < 1.29 is 13.6 Å². The molecule has 3 aromatic heterocycles. The number of nitrogens with zero attached hydrogens (tertiary/aromatic N) is 5. The van der Waals surface area contributed by atoms with Gasteiger partial charge in [-0.05, 0) is 66.5 Å². The summed E-state index contributed by atoms with van der Waals surface area (Å²) in [5, 5.41) is 12.0. The topological polar surface area (TPSA) is 77.0 Å². The molecule has 1 aliphatic carbocycles. The van der Waals surface area contributed by atoms with Crippen molar-refractivity contribution in [1.82, 2.24) is 24.6 Å². The fourth-order valence-corrected chi connectivity index (χ4v) is 7.94. The molecule has 0 radical (unpaired) electrons. The second kappa shape index (κ2) is 9.09. The van der Waals surface area contributed by atoms with Gasteiger partial charge >= 0.3 is 0 Å². The highest BCUT2D eigenvalue weighted by Gasteiger charge is 2.51. The Morgan fingerprint density at radius 3 is 2.76 bits per heavy atom. The number of carbonyl (C=O) groups is 1. The zero-order valence-electron chi connectivity index (χ0n) is 21.0. The van der Waals surface area contributed by atoms with Crippen LogP contribution in [0, 0.1) is 16.6 Å². The van der Waals surface area contributed by atoms with E-state index in [1.807, 2.05) is 16.0 Å². The normalized spacial score (nSPS) is 22.5. The molecule has 2 bridgehead atoms. The number of hydrogen-bond acceptors (Lipinski definition) is 7. The van der Waals surface area contributed by atoms with Gasteiger partial charge in [-0.2, -0.15) is 0 Å². The first-order chi connectivity index (χ1) is 17.7. The Kier molecular flexibility index (Phi) is 5.99. The molecule has 192 valence electrons. The molecular formula is C27H28FN5O2S2. The van der Waals surface area contributed by atoms with Crippen LogP contribution in [-0.2, 0) is 5.75 Å². The van der Waals surface area contributed by atoms with Gasteiger partial charge in [0.2, 0.25) is 5.82 Å². The summed E-state index contributed by atoms with van der Waals surface area (Å²) in [6.45, 7) is 7.74. The van der Waals surface area contributed by atoms with Crippen molar-refractivity contribution in [2.45, 2.75) is 57.0 Å². The molecule has 1 amide bonds. The minimum Gasteiger partial charge on any atom is -0.461 e. The van der Waals surface area contributed by atoms with E-state index in [1.165, 1.54) is 35.2 Å². The Bertz CT molecular complexity index is 1430. The van der Waals surface area contributed by atoms with Crippen molar-refractivity contribution in [3.05, 3.63) is 64.6 Å². The molecule has 1 aromatic carbocycles. The Morgan fingerprint density at radius 1 is 1.19 bits per heavy atom. The number of likely N-dealkylation sites (tertiary alicyclic amines) is 1. The predicted molar refractivity (Wildman–Crippen MR) is 141 cm³/mol. The summed E-state index contributed by atoms with van der Waals surface area (Å²) in [4.78, 5) is 20.2. The minimum absolute atomic E-state index is 0.0357. The number of carbonyl (C=O) groups excluding carboxylic acids is 1.